The average Bonchev–Trinajstić information content (AvgIpc) is 2.96. The van der Waals surface area contributed by atoms with Gasteiger partial charge in [0.05, 0.1) is 25.2 Å². The van der Waals surface area contributed by atoms with E-state index in [1.54, 1.807) is 18.0 Å². The smallest absolute Gasteiger partial charge is 0.165 e. The molecule has 4 nitrogen and oxygen atoms in total. The maximum atomic E-state index is 5.87. The molecule has 0 fully saturated rings. The Hall–Kier alpha value is -2.46. The summed E-state index contributed by atoms with van der Waals surface area (Å²) in [5.41, 5.74) is 0.917. The van der Waals surface area contributed by atoms with Crippen molar-refractivity contribution in [2.45, 2.75) is 0 Å². The number of benzene rings is 2. The molecule has 5 heteroatoms. The van der Waals surface area contributed by atoms with Crippen molar-refractivity contribution in [2.24, 2.45) is 0 Å². The second kappa shape index (κ2) is 5.89. The molecule has 0 aliphatic carbocycles. The lowest BCUT2D eigenvalue weighted by molar-refractivity contribution is 0.409. The molecule has 2 aromatic carbocycles. The van der Waals surface area contributed by atoms with Crippen LogP contribution in [0.15, 0.2) is 60.9 Å². The highest BCUT2D eigenvalue weighted by Gasteiger charge is 2.04. The predicted molar refractivity (Wildman–Crippen MR) is 81.6 cm³/mol. The van der Waals surface area contributed by atoms with Crippen LogP contribution in [-0.2, 0) is 0 Å². The standard InChI is InChI=1S/C16H13ClN2O2/c1-20-14-3-2-4-15(9-14)21-16-10-18-19(11-16)13-7-5-12(17)6-8-13/h2-11H,1H3. The van der Waals surface area contributed by atoms with Crippen molar-refractivity contribution in [3.05, 3.63) is 65.9 Å². The molecule has 0 saturated carbocycles. The van der Waals surface area contributed by atoms with Gasteiger partial charge in [-0.2, -0.15) is 5.10 Å². The Morgan fingerprint density at radius 3 is 2.52 bits per heavy atom. The third-order valence-corrected chi connectivity index (χ3v) is 3.18. The zero-order chi connectivity index (χ0) is 14.7. The molecule has 0 amide bonds. The third kappa shape index (κ3) is 3.17. The fraction of sp³-hybridized carbons (Fsp3) is 0.0625. The van der Waals surface area contributed by atoms with Gasteiger partial charge < -0.3 is 9.47 Å². The molecule has 0 spiro atoms. The quantitative estimate of drug-likeness (QED) is 0.719. The first-order valence-corrected chi connectivity index (χ1v) is 6.75. The number of halogens is 1. The van der Waals surface area contributed by atoms with Gasteiger partial charge in [-0.25, -0.2) is 4.68 Å². The van der Waals surface area contributed by atoms with Crippen LogP contribution >= 0.6 is 11.6 Å². The fourth-order valence-corrected chi connectivity index (χ4v) is 2.02. The third-order valence-electron chi connectivity index (χ3n) is 2.93. The minimum Gasteiger partial charge on any atom is -0.497 e. The Morgan fingerprint density at radius 1 is 1.00 bits per heavy atom. The van der Waals surface area contributed by atoms with E-state index >= 15 is 0 Å². The zero-order valence-corrected chi connectivity index (χ0v) is 12.1. The Morgan fingerprint density at radius 2 is 1.76 bits per heavy atom. The average molecular weight is 301 g/mol. The summed E-state index contributed by atoms with van der Waals surface area (Å²) in [5, 5.41) is 4.97. The topological polar surface area (TPSA) is 36.3 Å². The molecule has 0 atom stereocenters. The van der Waals surface area contributed by atoms with Crippen LogP contribution in [0.2, 0.25) is 5.02 Å². The van der Waals surface area contributed by atoms with Gasteiger partial charge in [0.2, 0.25) is 0 Å². The molecule has 1 heterocycles. The molecule has 1 aromatic heterocycles. The molecule has 3 rings (SSSR count). The fourth-order valence-electron chi connectivity index (χ4n) is 1.89. The summed E-state index contributed by atoms with van der Waals surface area (Å²) in [4.78, 5) is 0. The van der Waals surface area contributed by atoms with E-state index in [1.165, 1.54) is 0 Å². The van der Waals surface area contributed by atoms with E-state index in [9.17, 15) is 0 Å². The largest absolute Gasteiger partial charge is 0.497 e. The molecule has 21 heavy (non-hydrogen) atoms. The Balaban J connectivity index is 1.80. The number of hydrogen-bond donors (Lipinski definition) is 0. The van der Waals surface area contributed by atoms with E-state index in [4.69, 9.17) is 21.1 Å². The van der Waals surface area contributed by atoms with Crippen molar-refractivity contribution in [1.82, 2.24) is 9.78 Å². The van der Waals surface area contributed by atoms with Crippen LogP contribution in [0.3, 0.4) is 0 Å². The van der Waals surface area contributed by atoms with E-state index < -0.39 is 0 Å². The van der Waals surface area contributed by atoms with Gasteiger partial charge in [0, 0.05) is 11.1 Å². The molecule has 0 unspecified atom stereocenters. The highest BCUT2D eigenvalue weighted by Crippen LogP contribution is 2.25. The molecule has 0 radical (unpaired) electrons. The summed E-state index contributed by atoms with van der Waals surface area (Å²) in [7, 11) is 1.62. The summed E-state index contributed by atoms with van der Waals surface area (Å²) in [6.07, 6.45) is 3.47. The van der Waals surface area contributed by atoms with E-state index in [0.717, 1.165) is 11.4 Å². The molecular weight excluding hydrogens is 288 g/mol. The van der Waals surface area contributed by atoms with Crippen LogP contribution in [-0.4, -0.2) is 16.9 Å². The lowest BCUT2D eigenvalue weighted by Crippen LogP contribution is -1.92. The van der Waals surface area contributed by atoms with E-state index in [-0.39, 0.29) is 0 Å². The van der Waals surface area contributed by atoms with E-state index in [1.807, 2.05) is 54.7 Å². The Labute approximate surface area is 127 Å². The molecule has 0 saturated heterocycles. The first-order chi connectivity index (χ1) is 10.2. The number of ether oxygens (including phenoxy) is 2. The molecule has 0 bridgehead atoms. The Kier molecular flexibility index (Phi) is 3.79. The van der Waals surface area contributed by atoms with Crippen molar-refractivity contribution in [3.63, 3.8) is 0 Å². The van der Waals surface area contributed by atoms with Gasteiger partial charge in [0.15, 0.2) is 5.75 Å². The van der Waals surface area contributed by atoms with Gasteiger partial charge in [-0.05, 0) is 36.4 Å². The van der Waals surface area contributed by atoms with Gasteiger partial charge in [0.25, 0.3) is 0 Å². The second-order valence-corrected chi connectivity index (χ2v) is 4.81. The van der Waals surface area contributed by atoms with Gasteiger partial charge in [-0.1, -0.05) is 17.7 Å². The van der Waals surface area contributed by atoms with Crippen LogP contribution in [0.4, 0.5) is 0 Å². The van der Waals surface area contributed by atoms with Crippen LogP contribution < -0.4 is 9.47 Å². The summed E-state index contributed by atoms with van der Waals surface area (Å²) < 4.78 is 12.7. The number of hydrogen-bond acceptors (Lipinski definition) is 3. The molecule has 0 aliphatic rings. The van der Waals surface area contributed by atoms with Crippen molar-refractivity contribution in [3.8, 4) is 22.9 Å². The second-order valence-electron chi connectivity index (χ2n) is 4.38. The minimum absolute atomic E-state index is 0.651. The van der Waals surface area contributed by atoms with E-state index in [2.05, 4.69) is 5.10 Å². The highest BCUT2D eigenvalue weighted by atomic mass is 35.5. The summed E-state index contributed by atoms with van der Waals surface area (Å²) in [6.45, 7) is 0. The van der Waals surface area contributed by atoms with E-state index in [0.29, 0.717) is 16.5 Å². The number of aromatic nitrogens is 2. The van der Waals surface area contributed by atoms with Crippen molar-refractivity contribution in [2.75, 3.05) is 7.11 Å². The monoisotopic (exact) mass is 300 g/mol. The van der Waals surface area contributed by atoms with Gasteiger partial charge in [-0.15, -0.1) is 0 Å². The molecule has 106 valence electrons. The molecular formula is C16H13ClN2O2. The normalized spacial score (nSPS) is 10.4. The highest BCUT2D eigenvalue weighted by molar-refractivity contribution is 6.30. The van der Waals surface area contributed by atoms with Crippen LogP contribution in [0.25, 0.3) is 5.69 Å². The lowest BCUT2D eigenvalue weighted by Gasteiger charge is -2.05. The summed E-state index contributed by atoms with van der Waals surface area (Å²) in [6, 6.07) is 14.8. The SMILES string of the molecule is COc1cccc(Oc2cnn(-c3ccc(Cl)cc3)c2)c1. The zero-order valence-electron chi connectivity index (χ0n) is 11.4. The van der Waals surface area contributed by atoms with Crippen molar-refractivity contribution in [1.29, 1.82) is 0 Å². The number of nitrogens with zero attached hydrogens (tertiary/aromatic N) is 2. The summed E-state index contributed by atoms with van der Waals surface area (Å²) >= 11 is 5.87. The maximum Gasteiger partial charge on any atom is 0.165 e. The number of rotatable bonds is 4. The molecule has 3 aromatic rings. The van der Waals surface area contributed by atoms with Gasteiger partial charge >= 0.3 is 0 Å². The van der Waals surface area contributed by atoms with Crippen molar-refractivity contribution >= 4 is 11.6 Å². The lowest BCUT2D eigenvalue weighted by atomic mass is 10.3. The first kappa shape index (κ1) is 13.5. The molecule has 0 N–H and O–H groups in total. The predicted octanol–water partition coefficient (Wildman–Crippen LogP) is 4.33. The van der Waals surface area contributed by atoms with Crippen LogP contribution in [0.5, 0.6) is 17.2 Å². The number of methoxy groups -OCH3 is 1. The maximum absolute atomic E-state index is 5.87. The summed E-state index contributed by atoms with van der Waals surface area (Å²) in [5.74, 6) is 2.10. The van der Waals surface area contributed by atoms with Gasteiger partial charge in [0.1, 0.15) is 11.5 Å². The molecule has 0 aliphatic heterocycles. The van der Waals surface area contributed by atoms with Gasteiger partial charge in [-0.3, -0.25) is 0 Å². The minimum atomic E-state index is 0.651. The van der Waals surface area contributed by atoms with Crippen LogP contribution in [0, 0.1) is 0 Å². The Bertz CT molecular complexity index is 738. The first-order valence-electron chi connectivity index (χ1n) is 6.37. The van der Waals surface area contributed by atoms with Crippen LogP contribution in [0.1, 0.15) is 0 Å². The van der Waals surface area contributed by atoms with Crippen molar-refractivity contribution < 1.29 is 9.47 Å².